The molecule has 0 saturated heterocycles. The number of benzene rings is 2. The zero-order valence-electron chi connectivity index (χ0n) is 18.7. The number of rotatable bonds is 7. The summed E-state index contributed by atoms with van der Waals surface area (Å²) in [5.74, 6) is 0.517. The van der Waals surface area contributed by atoms with Gasteiger partial charge in [-0.1, -0.05) is 79.9 Å². The van der Waals surface area contributed by atoms with Gasteiger partial charge >= 0.3 is 6.09 Å². The zero-order chi connectivity index (χ0) is 22.2. The van der Waals surface area contributed by atoms with Crippen LogP contribution in [-0.4, -0.2) is 24.1 Å². The predicted octanol–water partition coefficient (Wildman–Crippen LogP) is 7.95. The first-order valence-electron chi connectivity index (χ1n) is 11.6. The van der Waals surface area contributed by atoms with E-state index in [1.165, 1.54) is 42.5 Å². The van der Waals surface area contributed by atoms with Gasteiger partial charge in [0.1, 0.15) is 0 Å². The maximum atomic E-state index is 13.1. The lowest BCUT2D eigenvalue weighted by Crippen LogP contribution is -2.35. The van der Waals surface area contributed by atoms with E-state index in [4.69, 9.17) is 4.74 Å². The van der Waals surface area contributed by atoms with Crippen LogP contribution in [0.25, 0.3) is 22.2 Å². The van der Waals surface area contributed by atoms with E-state index in [2.05, 4.69) is 54.6 Å². The molecule has 2 aromatic carbocycles. The van der Waals surface area contributed by atoms with Crippen LogP contribution in [-0.2, 0) is 4.74 Å². The molecule has 3 aromatic rings. The molecule has 0 unspecified atom stereocenters. The van der Waals surface area contributed by atoms with Gasteiger partial charge in [0.15, 0.2) is 0 Å². The maximum Gasteiger partial charge on any atom is 0.414 e. The summed E-state index contributed by atoms with van der Waals surface area (Å²) in [7, 11) is 0. The summed E-state index contributed by atoms with van der Waals surface area (Å²) in [6, 6.07) is 24.9. The summed E-state index contributed by atoms with van der Waals surface area (Å²) >= 11 is 1.74. The second-order valence-electron chi connectivity index (χ2n) is 8.28. The van der Waals surface area contributed by atoms with Crippen molar-refractivity contribution in [3.8, 4) is 10.4 Å². The Hall–Kier alpha value is -2.85. The third kappa shape index (κ3) is 5.68. The summed E-state index contributed by atoms with van der Waals surface area (Å²) in [6.45, 7) is 2.95. The minimum atomic E-state index is -0.256. The number of carbonyl (C=O) groups is 1. The van der Waals surface area contributed by atoms with Gasteiger partial charge in [0, 0.05) is 16.3 Å². The predicted molar refractivity (Wildman–Crippen MR) is 134 cm³/mol. The first-order chi connectivity index (χ1) is 15.7. The highest BCUT2D eigenvalue weighted by atomic mass is 32.1. The molecule has 4 heteroatoms. The van der Waals surface area contributed by atoms with Gasteiger partial charge in [-0.3, -0.25) is 4.90 Å². The molecule has 1 amide bonds. The molecular formula is C28H31NO2S. The molecule has 1 aromatic heterocycles. The molecule has 1 aliphatic rings. The second kappa shape index (κ2) is 11.1. The van der Waals surface area contributed by atoms with Crippen LogP contribution in [0, 0.1) is 5.92 Å². The lowest BCUT2D eigenvalue weighted by atomic mass is 9.88. The zero-order valence-corrected chi connectivity index (χ0v) is 19.5. The van der Waals surface area contributed by atoms with Crippen molar-refractivity contribution in [1.82, 2.24) is 4.90 Å². The van der Waals surface area contributed by atoms with Crippen molar-refractivity contribution < 1.29 is 9.53 Å². The normalized spacial score (nSPS) is 14.8. The fourth-order valence-electron chi connectivity index (χ4n) is 4.35. The van der Waals surface area contributed by atoms with E-state index in [0.717, 1.165) is 16.1 Å². The summed E-state index contributed by atoms with van der Waals surface area (Å²) in [5, 5.41) is 0. The number of nitrogens with zero attached hydrogens (tertiary/aromatic N) is 1. The average Bonchev–Trinajstić information content (AvgIpc) is 3.32. The molecule has 3 nitrogen and oxygen atoms in total. The van der Waals surface area contributed by atoms with E-state index in [0.29, 0.717) is 19.1 Å². The summed E-state index contributed by atoms with van der Waals surface area (Å²) in [5.41, 5.74) is 3.16. The van der Waals surface area contributed by atoms with Crippen LogP contribution < -0.4 is 0 Å². The maximum absolute atomic E-state index is 13.1. The highest BCUT2D eigenvalue weighted by molar-refractivity contribution is 7.16. The molecular weight excluding hydrogens is 414 g/mol. The molecule has 0 radical (unpaired) electrons. The lowest BCUT2D eigenvalue weighted by molar-refractivity contribution is 0.118. The van der Waals surface area contributed by atoms with Gasteiger partial charge in [-0.15, -0.1) is 11.3 Å². The van der Waals surface area contributed by atoms with E-state index >= 15 is 0 Å². The average molecular weight is 446 g/mol. The molecule has 4 rings (SSSR count). The Kier molecular flexibility index (Phi) is 7.78. The highest BCUT2D eigenvalue weighted by Crippen LogP contribution is 2.33. The van der Waals surface area contributed by atoms with E-state index in [9.17, 15) is 4.79 Å². The Morgan fingerprint density at radius 3 is 2.34 bits per heavy atom. The van der Waals surface area contributed by atoms with Crippen molar-refractivity contribution in [3.63, 3.8) is 0 Å². The number of thiophene rings is 1. The summed E-state index contributed by atoms with van der Waals surface area (Å²) < 4.78 is 5.51. The molecule has 1 heterocycles. The lowest BCUT2D eigenvalue weighted by Gasteiger charge is -2.31. The Morgan fingerprint density at radius 1 is 0.969 bits per heavy atom. The van der Waals surface area contributed by atoms with Crippen LogP contribution in [0.4, 0.5) is 4.79 Å². The standard InChI is InChI=1S/C28H31NO2S/c1-2-31-28(30)29(21-22-12-6-3-7-13-22)26(23-14-8-4-9-15-23)20-25-18-19-27(32-25)24-16-10-5-11-17-24/h4-5,8-11,14-20,22H,2-3,6-7,12-13,21H2,1H3/b26-20-. The van der Waals surface area contributed by atoms with Crippen molar-refractivity contribution in [2.24, 2.45) is 5.92 Å². The van der Waals surface area contributed by atoms with Crippen molar-refractivity contribution in [1.29, 1.82) is 0 Å². The first-order valence-corrected chi connectivity index (χ1v) is 12.4. The fourth-order valence-corrected chi connectivity index (χ4v) is 5.30. The first kappa shape index (κ1) is 22.3. The van der Waals surface area contributed by atoms with Gasteiger partial charge < -0.3 is 4.74 Å². The van der Waals surface area contributed by atoms with E-state index in [-0.39, 0.29) is 6.09 Å². The third-order valence-electron chi connectivity index (χ3n) is 5.98. The summed E-state index contributed by atoms with van der Waals surface area (Å²) in [4.78, 5) is 17.3. The van der Waals surface area contributed by atoms with Crippen molar-refractivity contribution in [2.45, 2.75) is 39.0 Å². The fraction of sp³-hybridized carbons (Fsp3) is 0.321. The summed E-state index contributed by atoms with van der Waals surface area (Å²) in [6.07, 6.45) is 8.03. The number of hydrogen-bond acceptors (Lipinski definition) is 3. The molecule has 1 aliphatic carbocycles. The molecule has 166 valence electrons. The smallest absolute Gasteiger partial charge is 0.414 e. The van der Waals surface area contributed by atoms with Crippen LogP contribution in [0.3, 0.4) is 0 Å². The number of carbonyl (C=O) groups excluding carboxylic acids is 1. The molecule has 32 heavy (non-hydrogen) atoms. The van der Waals surface area contributed by atoms with Gasteiger partial charge in [0.2, 0.25) is 0 Å². The van der Waals surface area contributed by atoms with Crippen molar-refractivity contribution in [3.05, 3.63) is 83.2 Å². The largest absolute Gasteiger partial charge is 0.449 e. The van der Waals surface area contributed by atoms with Gasteiger partial charge in [-0.05, 0) is 55.0 Å². The molecule has 0 atom stereocenters. The molecule has 0 bridgehead atoms. The molecule has 1 fully saturated rings. The minimum Gasteiger partial charge on any atom is -0.449 e. The molecule has 0 aliphatic heterocycles. The number of ether oxygens (including phenoxy) is 1. The Bertz CT molecular complexity index is 1020. The molecule has 0 spiro atoms. The Morgan fingerprint density at radius 2 is 1.66 bits per heavy atom. The number of hydrogen-bond donors (Lipinski definition) is 0. The van der Waals surface area contributed by atoms with Crippen LogP contribution in [0.5, 0.6) is 0 Å². The topological polar surface area (TPSA) is 29.5 Å². The van der Waals surface area contributed by atoms with E-state index in [1.807, 2.05) is 36.1 Å². The van der Waals surface area contributed by atoms with Gasteiger partial charge in [-0.2, -0.15) is 0 Å². The Balaban J connectivity index is 1.71. The van der Waals surface area contributed by atoms with Crippen LogP contribution in [0.15, 0.2) is 72.8 Å². The van der Waals surface area contributed by atoms with Crippen LogP contribution >= 0.6 is 11.3 Å². The van der Waals surface area contributed by atoms with Crippen LogP contribution in [0.1, 0.15) is 49.5 Å². The Labute approximate surface area is 195 Å². The molecule has 1 saturated carbocycles. The van der Waals surface area contributed by atoms with Gasteiger partial charge in [0.25, 0.3) is 0 Å². The highest BCUT2D eigenvalue weighted by Gasteiger charge is 2.26. The van der Waals surface area contributed by atoms with Crippen LogP contribution in [0.2, 0.25) is 0 Å². The second-order valence-corrected chi connectivity index (χ2v) is 9.39. The van der Waals surface area contributed by atoms with Crippen molar-refractivity contribution in [2.75, 3.05) is 13.2 Å². The number of amides is 1. The quantitative estimate of drug-likeness (QED) is 0.369. The van der Waals surface area contributed by atoms with Crippen molar-refractivity contribution >= 4 is 29.2 Å². The van der Waals surface area contributed by atoms with Gasteiger partial charge in [-0.25, -0.2) is 4.79 Å². The molecule has 0 N–H and O–H groups in total. The minimum absolute atomic E-state index is 0.256. The SMILES string of the molecule is CCOC(=O)N(CC1CCCCC1)/C(=C\c1ccc(-c2ccccc2)s1)c1ccccc1. The third-order valence-corrected chi connectivity index (χ3v) is 7.06. The monoisotopic (exact) mass is 445 g/mol. The van der Waals surface area contributed by atoms with E-state index < -0.39 is 0 Å². The van der Waals surface area contributed by atoms with E-state index in [1.54, 1.807) is 11.3 Å². The van der Waals surface area contributed by atoms with Gasteiger partial charge in [0.05, 0.1) is 12.3 Å².